The smallest absolute Gasteiger partial charge is 0.230 e. The molecule has 0 saturated carbocycles. The van der Waals surface area contributed by atoms with Gasteiger partial charge in [0.25, 0.3) is 0 Å². The van der Waals surface area contributed by atoms with Gasteiger partial charge >= 0.3 is 0 Å². The summed E-state index contributed by atoms with van der Waals surface area (Å²) in [4.78, 5) is 12.7. The molecule has 0 aliphatic carbocycles. The van der Waals surface area contributed by atoms with Gasteiger partial charge in [0, 0.05) is 11.1 Å². The molecule has 0 aliphatic heterocycles. The van der Waals surface area contributed by atoms with Crippen molar-refractivity contribution in [2.75, 3.05) is 5.32 Å². The van der Waals surface area contributed by atoms with Crippen LogP contribution in [0.15, 0.2) is 54.6 Å². The lowest BCUT2D eigenvalue weighted by molar-refractivity contribution is -0.123. The van der Waals surface area contributed by atoms with Crippen LogP contribution in [0.25, 0.3) is 0 Å². The van der Waals surface area contributed by atoms with E-state index in [1.165, 1.54) is 11.1 Å². The molecule has 2 aromatic carbocycles. The Labute approximate surface area is 133 Å². The molecule has 0 unspecified atom stereocenters. The SMILES string of the molecule is CC(C)c1ccccc1NC(=O)C(C)(C)Cc1ccccc1. The van der Waals surface area contributed by atoms with E-state index in [9.17, 15) is 4.79 Å². The van der Waals surface area contributed by atoms with Crippen molar-refractivity contribution in [2.24, 2.45) is 5.41 Å². The standard InChI is InChI=1S/C20H25NO/c1-15(2)17-12-8-9-13-18(17)21-19(22)20(3,4)14-16-10-6-5-7-11-16/h5-13,15H,14H2,1-4H3,(H,21,22). The Bertz CT molecular complexity index is 629. The first-order valence-corrected chi connectivity index (χ1v) is 7.84. The van der Waals surface area contributed by atoms with E-state index in [0.29, 0.717) is 5.92 Å². The number of hydrogen-bond acceptors (Lipinski definition) is 1. The summed E-state index contributed by atoms with van der Waals surface area (Å²) < 4.78 is 0. The predicted molar refractivity (Wildman–Crippen MR) is 93.1 cm³/mol. The highest BCUT2D eigenvalue weighted by molar-refractivity contribution is 5.95. The summed E-state index contributed by atoms with van der Waals surface area (Å²) in [6.07, 6.45) is 0.726. The number of hydrogen-bond donors (Lipinski definition) is 1. The lowest BCUT2D eigenvalue weighted by Gasteiger charge is -2.25. The van der Waals surface area contributed by atoms with Crippen molar-refractivity contribution < 1.29 is 4.79 Å². The van der Waals surface area contributed by atoms with Crippen LogP contribution < -0.4 is 5.32 Å². The largest absolute Gasteiger partial charge is 0.325 e. The third-order valence-corrected chi connectivity index (χ3v) is 3.93. The first-order chi connectivity index (χ1) is 10.4. The van der Waals surface area contributed by atoms with Gasteiger partial charge in [-0.2, -0.15) is 0 Å². The zero-order chi connectivity index (χ0) is 16.2. The quantitative estimate of drug-likeness (QED) is 0.824. The highest BCUT2D eigenvalue weighted by Gasteiger charge is 2.28. The van der Waals surface area contributed by atoms with E-state index < -0.39 is 5.41 Å². The molecule has 1 amide bonds. The third-order valence-electron chi connectivity index (χ3n) is 3.93. The summed E-state index contributed by atoms with van der Waals surface area (Å²) in [7, 11) is 0. The van der Waals surface area contributed by atoms with Crippen molar-refractivity contribution >= 4 is 11.6 Å². The van der Waals surface area contributed by atoms with Crippen molar-refractivity contribution in [3.63, 3.8) is 0 Å². The Balaban J connectivity index is 2.14. The Hall–Kier alpha value is -2.09. The second kappa shape index (κ2) is 6.78. The van der Waals surface area contributed by atoms with E-state index in [1.54, 1.807) is 0 Å². The van der Waals surface area contributed by atoms with Crippen molar-refractivity contribution in [1.29, 1.82) is 0 Å². The molecular weight excluding hydrogens is 270 g/mol. The third kappa shape index (κ3) is 3.97. The number of carbonyl (C=O) groups excluding carboxylic acids is 1. The molecule has 0 bridgehead atoms. The lowest BCUT2D eigenvalue weighted by atomic mass is 9.84. The zero-order valence-corrected chi connectivity index (χ0v) is 13.9. The highest BCUT2D eigenvalue weighted by atomic mass is 16.2. The Morgan fingerprint density at radius 2 is 1.59 bits per heavy atom. The molecule has 1 N–H and O–H groups in total. The minimum Gasteiger partial charge on any atom is -0.325 e. The molecule has 0 saturated heterocycles. The van der Waals surface area contributed by atoms with Crippen LogP contribution in [0, 0.1) is 5.41 Å². The normalized spacial score (nSPS) is 11.5. The van der Waals surface area contributed by atoms with Gasteiger partial charge in [0.05, 0.1) is 0 Å². The molecule has 2 heteroatoms. The van der Waals surface area contributed by atoms with Crippen LogP contribution >= 0.6 is 0 Å². The van der Waals surface area contributed by atoms with Crippen molar-refractivity contribution in [1.82, 2.24) is 0 Å². The summed E-state index contributed by atoms with van der Waals surface area (Å²) in [5, 5.41) is 3.11. The molecule has 0 heterocycles. The first-order valence-electron chi connectivity index (χ1n) is 7.84. The van der Waals surface area contributed by atoms with Gasteiger partial charge in [0.1, 0.15) is 0 Å². The summed E-state index contributed by atoms with van der Waals surface area (Å²) in [6.45, 7) is 8.26. The van der Waals surface area contributed by atoms with Gasteiger partial charge in [0.2, 0.25) is 5.91 Å². The van der Waals surface area contributed by atoms with Gasteiger partial charge in [-0.05, 0) is 29.5 Å². The van der Waals surface area contributed by atoms with Gasteiger partial charge in [-0.25, -0.2) is 0 Å². The fraction of sp³-hybridized carbons (Fsp3) is 0.350. The van der Waals surface area contributed by atoms with E-state index in [4.69, 9.17) is 0 Å². The molecule has 2 aromatic rings. The molecule has 0 spiro atoms. The van der Waals surface area contributed by atoms with Crippen LogP contribution in [0.1, 0.15) is 44.7 Å². The highest BCUT2D eigenvalue weighted by Crippen LogP contribution is 2.28. The maximum absolute atomic E-state index is 12.7. The van der Waals surface area contributed by atoms with Crippen molar-refractivity contribution in [3.8, 4) is 0 Å². The fourth-order valence-corrected chi connectivity index (χ4v) is 2.59. The van der Waals surface area contributed by atoms with Crippen LogP contribution in [0.3, 0.4) is 0 Å². The Morgan fingerprint density at radius 1 is 1.00 bits per heavy atom. The molecule has 2 nitrogen and oxygen atoms in total. The monoisotopic (exact) mass is 295 g/mol. The second-order valence-corrected chi connectivity index (χ2v) is 6.74. The van der Waals surface area contributed by atoms with Crippen LogP contribution in [-0.2, 0) is 11.2 Å². The van der Waals surface area contributed by atoms with Gasteiger partial charge in [-0.3, -0.25) is 4.79 Å². The minimum absolute atomic E-state index is 0.0597. The average Bonchev–Trinajstić information content (AvgIpc) is 2.48. The molecule has 2 rings (SSSR count). The molecule has 116 valence electrons. The van der Waals surface area contributed by atoms with Crippen LogP contribution in [0.5, 0.6) is 0 Å². The number of rotatable bonds is 5. The second-order valence-electron chi connectivity index (χ2n) is 6.74. The maximum Gasteiger partial charge on any atom is 0.230 e. The van der Waals surface area contributed by atoms with Crippen molar-refractivity contribution in [3.05, 3.63) is 65.7 Å². The van der Waals surface area contributed by atoms with Crippen LogP contribution in [0.2, 0.25) is 0 Å². The van der Waals surface area contributed by atoms with E-state index >= 15 is 0 Å². The van der Waals surface area contributed by atoms with E-state index in [0.717, 1.165) is 12.1 Å². The summed E-state index contributed by atoms with van der Waals surface area (Å²) in [6, 6.07) is 18.2. The van der Waals surface area contributed by atoms with Crippen molar-refractivity contribution in [2.45, 2.75) is 40.0 Å². The summed E-state index contributed by atoms with van der Waals surface area (Å²) in [5.41, 5.74) is 2.82. The van der Waals surface area contributed by atoms with Crippen LogP contribution in [-0.4, -0.2) is 5.91 Å². The van der Waals surface area contributed by atoms with E-state index in [2.05, 4.69) is 37.4 Å². The predicted octanol–water partition coefficient (Wildman–Crippen LogP) is 5.02. The average molecular weight is 295 g/mol. The maximum atomic E-state index is 12.7. The number of carbonyl (C=O) groups is 1. The van der Waals surface area contributed by atoms with Gasteiger partial charge < -0.3 is 5.32 Å². The molecule has 0 atom stereocenters. The number of amides is 1. The fourth-order valence-electron chi connectivity index (χ4n) is 2.59. The molecule has 22 heavy (non-hydrogen) atoms. The number of anilines is 1. The van der Waals surface area contributed by atoms with E-state index in [1.807, 2.05) is 50.2 Å². The molecule has 0 aliphatic rings. The van der Waals surface area contributed by atoms with Gasteiger partial charge in [-0.15, -0.1) is 0 Å². The summed E-state index contributed by atoms with van der Waals surface area (Å²) in [5.74, 6) is 0.443. The molecule has 0 radical (unpaired) electrons. The van der Waals surface area contributed by atoms with Gasteiger partial charge in [0.15, 0.2) is 0 Å². The number of benzene rings is 2. The zero-order valence-electron chi connectivity index (χ0n) is 13.9. The number of para-hydroxylation sites is 1. The lowest BCUT2D eigenvalue weighted by Crippen LogP contribution is -2.33. The van der Waals surface area contributed by atoms with Crippen LogP contribution in [0.4, 0.5) is 5.69 Å². The Kier molecular flexibility index (Phi) is 5.02. The van der Waals surface area contributed by atoms with Gasteiger partial charge in [-0.1, -0.05) is 76.2 Å². The molecule has 0 fully saturated rings. The van der Waals surface area contributed by atoms with E-state index in [-0.39, 0.29) is 5.91 Å². The molecular formula is C20H25NO. The minimum atomic E-state index is -0.453. The topological polar surface area (TPSA) is 29.1 Å². The molecule has 0 aromatic heterocycles. The summed E-state index contributed by atoms with van der Waals surface area (Å²) >= 11 is 0. The first kappa shape index (κ1) is 16.3. The number of nitrogens with one attached hydrogen (secondary N) is 1. The Morgan fingerprint density at radius 3 is 2.23 bits per heavy atom.